The van der Waals surface area contributed by atoms with Gasteiger partial charge in [0.25, 0.3) is 0 Å². The molecule has 1 aromatic rings. The summed E-state index contributed by atoms with van der Waals surface area (Å²) in [4.78, 5) is 11.1. The Kier molecular flexibility index (Phi) is 4.53. The van der Waals surface area contributed by atoms with Crippen LogP contribution in [0.15, 0.2) is 24.3 Å². The van der Waals surface area contributed by atoms with Gasteiger partial charge in [-0.1, -0.05) is 13.8 Å². The fourth-order valence-electron chi connectivity index (χ4n) is 2.60. The van der Waals surface area contributed by atoms with Crippen LogP contribution in [0.25, 0.3) is 0 Å². The molecule has 20 heavy (non-hydrogen) atoms. The number of benzene rings is 1. The highest BCUT2D eigenvalue weighted by Gasteiger charge is 2.26. The number of carbonyl (C=O) groups excluding carboxylic acids is 1. The van der Waals surface area contributed by atoms with Gasteiger partial charge in [-0.25, -0.2) is 4.79 Å². The molecule has 1 saturated carbocycles. The molecule has 0 unspecified atom stereocenters. The Morgan fingerprint density at radius 3 is 2.25 bits per heavy atom. The Bertz CT molecular complexity index is 444. The summed E-state index contributed by atoms with van der Waals surface area (Å²) in [6, 6.07) is 8.30. The molecule has 1 aliphatic carbocycles. The lowest BCUT2D eigenvalue weighted by Crippen LogP contribution is -2.29. The van der Waals surface area contributed by atoms with Gasteiger partial charge in [-0.15, -0.1) is 0 Å². The van der Waals surface area contributed by atoms with E-state index in [0.29, 0.717) is 11.5 Å². The van der Waals surface area contributed by atoms with E-state index in [4.69, 9.17) is 0 Å². The topological polar surface area (TPSA) is 50.4 Å². The molecule has 0 aromatic heterocycles. The highest BCUT2D eigenvalue weighted by atomic mass is 16.5. The van der Waals surface area contributed by atoms with Crippen molar-refractivity contribution >= 4 is 17.5 Å². The van der Waals surface area contributed by atoms with Crippen molar-refractivity contribution in [3.05, 3.63) is 24.3 Å². The summed E-state index contributed by atoms with van der Waals surface area (Å²) >= 11 is 0. The van der Waals surface area contributed by atoms with Gasteiger partial charge in [0, 0.05) is 17.4 Å². The first-order valence-electron chi connectivity index (χ1n) is 7.20. The molecule has 0 spiro atoms. The van der Waals surface area contributed by atoms with Crippen molar-refractivity contribution in [2.24, 2.45) is 5.41 Å². The fourth-order valence-corrected chi connectivity index (χ4v) is 2.60. The summed E-state index contributed by atoms with van der Waals surface area (Å²) in [5.41, 5.74) is 2.34. The molecule has 1 amide bonds. The first-order chi connectivity index (χ1) is 9.48. The summed E-state index contributed by atoms with van der Waals surface area (Å²) in [6.45, 7) is 4.69. The van der Waals surface area contributed by atoms with Gasteiger partial charge in [-0.05, 0) is 55.4 Å². The van der Waals surface area contributed by atoms with E-state index in [9.17, 15) is 4.79 Å². The molecule has 4 nitrogen and oxygen atoms in total. The summed E-state index contributed by atoms with van der Waals surface area (Å²) < 4.78 is 4.56. The summed E-state index contributed by atoms with van der Waals surface area (Å²) in [5.74, 6) is 0. The van der Waals surface area contributed by atoms with Crippen LogP contribution >= 0.6 is 0 Å². The van der Waals surface area contributed by atoms with Crippen LogP contribution in [0.5, 0.6) is 0 Å². The molecule has 1 aliphatic rings. The number of hydrogen-bond donors (Lipinski definition) is 2. The number of rotatable bonds is 3. The average Bonchev–Trinajstić information content (AvgIpc) is 2.43. The molecule has 4 heteroatoms. The molecule has 1 fully saturated rings. The maximum atomic E-state index is 11.1. The van der Waals surface area contributed by atoms with Gasteiger partial charge in [0.05, 0.1) is 7.11 Å². The quantitative estimate of drug-likeness (QED) is 0.868. The smallest absolute Gasteiger partial charge is 0.411 e. The van der Waals surface area contributed by atoms with Gasteiger partial charge in [0.1, 0.15) is 0 Å². The summed E-state index contributed by atoms with van der Waals surface area (Å²) in [6.07, 6.45) is 4.53. The van der Waals surface area contributed by atoms with Crippen molar-refractivity contribution in [2.45, 2.75) is 45.6 Å². The van der Waals surface area contributed by atoms with Crippen LogP contribution in [-0.4, -0.2) is 19.2 Å². The number of ether oxygens (including phenoxy) is 1. The number of carbonyl (C=O) groups is 1. The lowest BCUT2D eigenvalue weighted by atomic mass is 9.75. The van der Waals surface area contributed by atoms with Gasteiger partial charge < -0.3 is 10.1 Å². The Balaban J connectivity index is 1.86. The third kappa shape index (κ3) is 4.15. The van der Waals surface area contributed by atoms with Gasteiger partial charge in [0.15, 0.2) is 0 Å². The second-order valence-corrected chi connectivity index (χ2v) is 6.28. The first-order valence-corrected chi connectivity index (χ1v) is 7.20. The van der Waals surface area contributed by atoms with Gasteiger partial charge in [-0.2, -0.15) is 0 Å². The van der Waals surface area contributed by atoms with E-state index in [-0.39, 0.29) is 0 Å². The standard InChI is InChI=1S/C16H24N2O2/c1-16(2)10-8-14(9-11-16)17-12-4-6-13(7-5-12)18-15(19)20-3/h4-7,14,17H,8-11H2,1-3H3,(H,18,19). The SMILES string of the molecule is COC(=O)Nc1ccc(NC2CCC(C)(C)CC2)cc1. The van der Waals surface area contributed by atoms with Gasteiger partial charge in [0.2, 0.25) is 0 Å². The van der Waals surface area contributed by atoms with E-state index in [0.717, 1.165) is 11.4 Å². The molecule has 0 heterocycles. The lowest BCUT2D eigenvalue weighted by Gasteiger charge is -2.35. The van der Waals surface area contributed by atoms with Crippen molar-refractivity contribution in [2.75, 3.05) is 17.7 Å². The Morgan fingerprint density at radius 2 is 1.70 bits per heavy atom. The number of amides is 1. The minimum Gasteiger partial charge on any atom is -0.453 e. The summed E-state index contributed by atoms with van der Waals surface area (Å²) in [5, 5.41) is 6.21. The highest BCUT2D eigenvalue weighted by molar-refractivity contribution is 5.84. The van der Waals surface area contributed by atoms with E-state index in [2.05, 4.69) is 29.2 Å². The largest absolute Gasteiger partial charge is 0.453 e. The fraction of sp³-hybridized carbons (Fsp3) is 0.562. The van der Waals surface area contributed by atoms with E-state index in [1.165, 1.54) is 32.8 Å². The van der Waals surface area contributed by atoms with Crippen LogP contribution in [0, 0.1) is 5.41 Å². The van der Waals surface area contributed by atoms with E-state index >= 15 is 0 Å². The van der Waals surface area contributed by atoms with Crippen molar-refractivity contribution in [3.8, 4) is 0 Å². The van der Waals surface area contributed by atoms with E-state index < -0.39 is 6.09 Å². The zero-order valence-corrected chi connectivity index (χ0v) is 12.5. The van der Waals surface area contributed by atoms with Gasteiger partial charge in [-0.3, -0.25) is 5.32 Å². The molecule has 0 aliphatic heterocycles. The predicted molar refractivity (Wildman–Crippen MR) is 82.1 cm³/mol. The van der Waals surface area contributed by atoms with Gasteiger partial charge >= 0.3 is 6.09 Å². The van der Waals surface area contributed by atoms with E-state index in [1.807, 2.05) is 24.3 Å². The molecular weight excluding hydrogens is 252 g/mol. The molecule has 0 bridgehead atoms. The lowest BCUT2D eigenvalue weighted by molar-refractivity contribution is 0.187. The maximum Gasteiger partial charge on any atom is 0.411 e. The molecule has 2 N–H and O–H groups in total. The van der Waals surface area contributed by atoms with Crippen molar-refractivity contribution < 1.29 is 9.53 Å². The number of methoxy groups -OCH3 is 1. The van der Waals surface area contributed by atoms with Crippen LogP contribution in [0.4, 0.5) is 16.2 Å². The van der Waals surface area contributed by atoms with Crippen molar-refractivity contribution in [1.29, 1.82) is 0 Å². The average molecular weight is 276 g/mol. The zero-order valence-electron chi connectivity index (χ0n) is 12.5. The maximum absolute atomic E-state index is 11.1. The minimum absolute atomic E-state index is 0.444. The number of hydrogen-bond acceptors (Lipinski definition) is 3. The minimum atomic E-state index is -0.444. The second kappa shape index (κ2) is 6.16. The third-order valence-corrected chi connectivity index (χ3v) is 4.03. The van der Waals surface area contributed by atoms with E-state index in [1.54, 1.807) is 0 Å². The molecule has 110 valence electrons. The molecule has 0 radical (unpaired) electrons. The normalized spacial score (nSPS) is 18.4. The number of nitrogens with one attached hydrogen (secondary N) is 2. The van der Waals surface area contributed by atoms with Crippen LogP contribution in [0.1, 0.15) is 39.5 Å². The first kappa shape index (κ1) is 14.7. The van der Waals surface area contributed by atoms with Crippen LogP contribution < -0.4 is 10.6 Å². The zero-order chi connectivity index (χ0) is 14.6. The Labute approximate surface area is 120 Å². The number of anilines is 2. The molecular formula is C16H24N2O2. The van der Waals surface area contributed by atoms with Crippen LogP contribution in [0.2, 0.25) is 0 Å². The van der Waals surface area contributed by atoms with Crippen LogP contribution in [-0.2, 0) is 4.74 Å². The molecule has 0 atom stereocenters. The molecule has 1 aromatic carbocycles. The third-order valence-electron chi connectivity index (χ3n) is 4.03. The monoisotopic (exact) mass is 276 g/mol. The molecule has 2 rings (SSSR count). The van der Waals surface area contributed by atoms with Crippen molar-refractivity contribution in [1.82, 2.24) is 0 Å². The molecule has 0 saturated heterocycles. The second-order valence-electron chi connectivity index (χ2n) is 6.28. The highest BCUT2D eigenvalue weighted by Crippen LogP contribution is 2.36. The Hall–Kier alpha value is -1.71. The van der Waals surface area contributed by atoms with Crippen LogP contribution in [0.3, 0.4) is 0 Å². The predicted octanol–water partition coefficient (Wildman–Crippen LogP) is 4.25. The Morgan fingerprint density at radius 1 is 1.15 bits per heavy atom. The summed E-state index contributed by atoms with van der Waals surface area (Å²) in [7, 11) is 1.36. The van der Waals surface area contributed by atoms with Crippen molar-refractivity contribution in [3.63, 3.8) is 0 Å².